The van der Waals surface area contributed by atoms with Crippen LogP contribution in [0.1, 0.15) is 11.3 Å². The quantitative estimate of drug-likeness (QED) is 0.421. The molecule has 0 atom stereocenters. The number of fused-ring (bicyclic) bond motifs is 1. The summed E-state index contributed by atoms with van der Waals surface area (Å²) in [5.41, 5.74) is 5.13. The Bertz CT molecular complexity index is 1560. The van der Waals surface area contributed by atoms with Crippen molar-refractivity contribution >= 4 is 38.8 Å². The second-order valence-electron chi connectivity index (χ2n) is 6.45. The van der Waals surface area contributed by atoms with E-state index in [0.717, 1.165) is 18.2 Å². The lowest BCUT2D eigenvalue weighted by Gasteiger charge is -2.12. The zero-order valence-corrected chi connectivity index (χ0v) is 18.2. The van der Waals surface area contributed by atoms with E-state index in [1.54, 1.807) is 6.20 Å². The van der Waals surface area contributed by atoms with Crippen LogP contribution in [-0.4, -0.2) is 34.9 Å². The molecule has 33 heavy (non-hydrogen) atoms. The van der Waals surface area contributed by atoms with Gasteiger partial charge in [0.05, 0.1) is 29.6 Å². The van der Waals surface area contributed by atoms with Crippen molar-refractivity contribution in [3.05, 3.63) is 70.9 Å². The number of imidazole rings is 1. The summed E-state index contributed by atoms with van der Waals surface area (Å²) < 4.78 is 63.5. The largest absolute Gasteiger partial charge is 0.480 e. The number of ether oxygens (including phenoxy) is 1. The van der Waals surface area contributed by atoms with Gasteiger partial charge < -0.3 is 10.5 Å². The first-order valence-electron chi connectivity index (χ1n) is 9.01. The van der Waals surface area contributed by atoms with E-state index in [1.807, 2.05) is 4.72 Å². The van der Waals surface area contributed by atoms with Crippen LogP contribution in [0, 0.1) is 23.5 Å². The smallest absolute Gasteiger partial charge is 0.267 e. The highest BCUT2D eigenvalue weighted by molar-refractivity contribution is 7.92. The Morgan fingerprint density at radius 1 is 1.18 bits per heavy atom. The molecule has 0 saturated heterocycles. The summed E-state index contributed by atoms with van der Waals surface area (Å²) in [6.45, 7) is 0. The number of benzene rings is 1. The molecule has 3 N–H and O–H groups in total. The summed E-state index contributed by atoms with van der Waals surface area (Å²) in [7, 11) is -3.18. The van der Waals surface area contributed by atoms with Crippen LogP contribution in [0.25, 0.3) is 5.65 Å². The van der Waals surface area contributed by atoms with Crippen LogP contribution in [0.2, 0.25) is 5.02 Å². The van der Waals surface area contributed by atoms with Gasteiger partial charge in [0.15, 0.2) is 22.2 Å². The van der Waals surface area contributed by atoms with Crippen molar-refractivity contribution in [2.75, 3.05) is 17.6 Å². The number of hydrogen-bond donors (Lipinski definition) is 2. The normalized spacial score (nSPS) is 11.2. The molecule has 0 unspecified atom stereocenters. The summed E-state index contributed by atoms with van der Waals surface area (Å²) in [5.74, 6) is 2.67. The Labute approximate surface area is 191 Å². The maximum atomic E-state index is 15.1. The molecule has 0 aliphatic heterocycles. The number of halogens is 3. The molecular formula is C20H13ClF2N6O3S. The number of nitrogens with two attached hydrogens (primary N) is 1. The van der Waals surface area contributed by atoms with Gasteiger partial charge in [-0.05, 0) is 24.1 Å². The first-order valence-corrected chi connectivity index (χ1v) is 10.9. The average Bonchev–Trinajstić information content (AvgIpc) is 3.28. The molecule has 3 heterocycles. The molecule has 0 aliphatic carbocycles. The van der Waals surface area contributed by atoms with Crippen LogP contribution in [0.5, 0.6) is 5.88 Å². The van der Waals surface area contributed by atoms with Crippen LogP contribution in [0.3, 0.4) is 0 Å². The van der Waals surface area contributed by atoms with Gasteiger partial charge in [-0.25, -0.2) is 32.2 Å². The number of aromatic nitrogens is 4. The molecule has 168 valence electrons. The van der Waals surface area contributed by atoms with Crippen LogP contribution in [0.4, 0.5) is 20.3 Å². The molecule has 13 heteroatoms. The molecule has 0 bridgehead atoms. The highest BCUT2D eigenvalue weighted by Gasteiger charge is 2.24. The van der Waals surface area contributed by atoms with Gasteiger partial charge in [-0.2, -0.15) is 0 Å². The van der Waals surface area contributed by atoms with Gasteiger partial charge in [-0.3, -0.25) is 9.12 Å². The van der Waals surface area contributed by atoms with Crippen LogP contribution in [0.15, 0.2) is 47.9 Å². The number of sulfonamides is 1. The highest BCUT2D eigenvalue weighted by Crippen LogP contribution is 2.28. The molecule has 1 aromatic carbocycles. The van der Waals surface area contributed by atoms with Crippen molar-refractivity contribution in [3.8, 4) is 17.7 Å². The average molecular weight is 491 g/mol. The predicted octanol–water partition coefficient (Wildman–Crippen LogP) is 2.85. The van der Waals surface area contributed by atoms with Crippen molar-refractivity contribution in [3.63, 3.8) is 0 Å². The number of pyridine rings is 1. The fraction of sp³-hybridized carbons (Fsp3) is 0.0500. The molecule has 0 aliphatic rings. The second-order valence-corrected chi connectivity index (χ2v) is 8.54. The van der Waals surface area contributed by atoms with E-state index in [4.69, 9.17) is 22.1 Å². The lowest BCUT2D eigenvalue weighted by atomic mass is 10.1. The number of nitrogen functional groups attached to an aromatic ring is 1. The van der Waals surface area contributed by atoms with Crippen molar-refractivity contribution in [1.82, 2.24) is 19.4 Å². The van der Waals surface area contributed by atoms with E-state index in [2.05, 4.69) is 26.8 Å². The van der Waals surface area contributed by atoms with Crippen molar-refractivity contribution < 1.29 is 21.9 Å². The van der Waals surface area contributed by atoms with E-state index in [1.165, 1.54) is 30.1 Å². The van der Waals surface area contributed by atoms with Crippen molar-refractivity contribution in [2.45, 2.75) is 4.90 Å². The second kappa shape index (κ2) is 8.53. The first kappa shape index (κ1) is 22.3. The van der Waals surface area contributed by atoms with Gasteiger partial charge in [-0.1, -0.05) is 17.5 Å². The lowest BCUT2D eigenvalue weighted by molar-refractivity contribution is 0.385. The summed E-state index contributed by atoms with van der Waals surface area (Å²) >= 11 is 5.83. The summed E-state index contributed by atoms with van der Waals surface area (Å²) in [4.78, 5) is 11.3. The van der Waals surface area contributed by atoms with Gasteiger partial charge in [0.2, 0.25) is 5.88 Å². The minimum absolute atomic E-state index is 0.0187. The zero-order chi connectivity index (χ0) is 23.8. The summed E-state index contributed by atoms with van der Waals surface area (Å²) in [6.07, 6.45) is 5.53. The van der Waals surface area contributed by atoms with Crippen molar-refractivity contribution in [2.24, 2.45) is 0 Å². The van der Waals surface area contributed by atoms with E-state index >= 15 is 4.39 Å². The number of nitrogens with one attached hydrogen (secondary N) is 1. The lowest BCUT2D eigenvalue weighted by Crippen LogP contribution is -2.16. The third kappa shape index (κ3) is 4.23. The Hall–Kier alpha value is -3.95. The molecule has 0 saturated carbocycles. The monoisotopic (exact) mass is 490 g/mol. The molecule has 0 amide bonds. The Morgan fingerprint density at radius 3 is 2.73 bits per heavy atom. The van der Waals surface area contributed by atoms with E-state index in [9.17, 15) is 12.8 Å². The van der Waals surface area contributed by atoms with Crippen LogP contribution < -0.4 is 15.2 Å². The Morgan fingerprint density at radius 2 is 1.97 bits per heavy atom. The molecule has 9 nitrogen and oxygen atoms in total. The van der Waals surface area contributed by atoms with Gasteiger partial charge in [0, 0.05) is 18.6 Å². The third-order valence-corrected chi connectivity index (χ3v) is 5.94. The zero-order valence-electron chi connectivity index (χ0n) is 16.7. The number of anilines is 2. The topological polar surface area (TPSA) is 124 Å². The van der Waals surface area contributed by atoms with Crippen LogP contribution in [-0.2, 0) is 10.0 Å². The fourth-order valence-corrected chi connectivity index (χ4v) is 4.28. The van der Waals surface area contributed by atoms with Crippen LogP contribution >= 0.6 is 11.6 Å². The minimum Gasteiger partial charge on any atom is -0.480 e. The maximum Gasteiger partial charge on any atom is 0.267 e. The molecule has 3 aromatic heterocycles. The standard InChI is InChI=1S/C20H13ClF2N6O3S/c1-32-20-16(8-11(21)9-27-20)33(30,31)28-15-5-4-14(22)13(17(15)23)3-2-12-10-26-18(24)19-25-6-7-29(12)19/h4-10,28H,1H3,(H2,24,26). The van der Waals surface area contributed by atoms with Gasteiger partial charge in [0.1, 0.15) is 11.5 Å². The first-order chi connectivity index (χ1) is 15.7. The molecule has 0 spiro atoms. The predicted molar refractivity (Wildman–Crippen MR) is 116 cm³/mol. The highest BCUT2D eigenvalue weighted by atomic mass is 35.5. The number of hydrogen-bond acceptors (Lipinski definition) is 7. The van der Waals surface area contributed by atoms with Gasteiger partial charge >= 0.3 is 0 Å². The molecule has 0 radical (unpaired) electrons. The Kier molecular flexibility index (Phi) is 5.75. The number of methoxy groups -OCH3 is 1. The van der Waals surface area contributed by atoms with E-state index in [0.29, 0.717) is 5.65 Å². The van der Waals surface area contributed by atoms with Crippen molar-refractivity contribution in [1.29, 1.82) is 0 Å². The van der Waals surface area contributed by atoms with Gasteiger partial charge in [-0.15, -0.1) is 0 Å². The summed E-state index contributed by atoms with van der Waals surface area (Å²) in [5, 5.41) is 0.0187. The number of nitrogens with zero attached hydrogens (tertiary/aromatic N) is 4. The maximum absolute atomic E-state index is 15.1. The van der Waals surface area contributed by atoms with E-state index < -0.39 is 37.8 Å². The minimum atomic E-state index is -4.39. The molecule has 0 fully saturated rings. The number of rotatable bonds is 4. The SMILES string of the molecule is COc1ncc(Cl)cc1S(=O)(=O)Nc1ccc(F)c(C#Cc2cnc(N)c3nccn23)c1F. The molecule has 4 rings (SSSR count). The van der Waals surface area contributed by atoms with Gasteiger partial charge in [0.25, 0.3) is 10.0 Å². The Balaban J connectivity index is 1.75. The molecular weight excluding hydrogens is 478 g/mol. The third-order valence-electron chi connectivity index (χ3n) is 4.37. The molecule has 4 aromatic rings. The summed E-state index contributed by atoms with van der Waals surface area (Å²) in [6, 6.07) is 2.89. The fourth-order valence-electron chi connectivity index (χ4n) is 2.86. The van der Waals surface area contributed by atoms with E-state index in [-0.39, 0.29) is 22.4 Å².